The number of anilines is 1. The van der Waals surface area contributed by atoms with E-state index < -0.39 is 21.8 Å². The minimum Gasteiger partial charge on any atom is -0.332 e. The second-order valence-electron chi connectivity index (χ2n) is 10.6. The van der Waals surface area contributed by atoms with Gasteiger partial charge in [0.05, 0.1) is 10.6 Å². The number of piperazine rings is 1. The lowest BCUT2D eigenvalue weighted by Gasteiger charge is -2.34. The van der Waals surface area contributed by atoms with E-state index in [9.17, 15) is 18.0 Å². The second-order valence-corrected chi connectivity index (χ2v) is 14.0. The van der Waals surface area contributed by atoms with Crippen LogP contribution < -0.4 is 5.32 Å². The number of hydrogen-bond donors (Lipinski definition) is 1. The van der Waals surface area contributed by atoms with E-state index in [-0.39, 0.29) is 26.2 Å². The van der Waals surface area contributed by atoms with Crippen LogP contribution in [0.4, 0.5) is 5.69 Å². The van der Waals surface area contributed by atoms with Crippen molar-refractivity contribution in [1.82, 2.24) is 9.21 Å². The summed E-state index contributed by atoms with van der Waals surface area (Å²) >= 11 is 7.71. The van der Waals surface area contributed by atoms with Gasteiger partial charge < -0.3 is 10.2 Å². The molecule has 10 heteroatoms. The zero-order chi connectivity index (χ0) is 30.2. The van der Waals surface area contributed by atoms with Crippen LogP contribution in [0, 0.1) is 48.5 Å². The molecule has 0 spiro atoms. The van der Waals surface area contributed by atoms with Crippen molar-refractivity contribution in [3.8, 4) is 0 Å². The highest BCUT2D eigenvalue weighted by molar-refractivity contribution is 7.99. The van der Waals surface area contributed by atoms with Gasteiger partial charge >= 0.3 is 11.8 Å². The van der Waals surface area contributed by atoms with Crippen molar-refractivity contribution in [3.05, 3.63) is 80.4 Å². The first kappa shape index (κ1) is 31.1. The monoisotopic (exact) mass is 613 g/mol. The van der Waals surface area contributed by atoms with Crippen LogP contribution in [0.3, 0.4) is 0 Å². The number of hydrogen-bond acceptors (Lipinski definition) is 5. The fourth-order valence-electron chi connectivity index (χ4n) is 5.15. The molecule has 1 saturated heterocycles. The molecule has 4 rings (SSSR count). The van der Waals surface area contributed by atoms with Gasteiger partial charge in [0.25, 0.3) is 0 Å². The normalized spacial score (nSPS) is 14.3. The molecular formula is C31H36ClN3O4S2. The number of halogens is 1. The molecule has 3 aromatic rings. The molecule has 0 saturated carbocycles. The predicted octanol–water partition coefficient (Wildman–Crippen LogP) is 6.12. The van der Waals surface area contributed by atoms with E-state index in [1.165, 1.54) is 21.0 Å². The Balaban J connectivity index is 1.47. The molecule has 0 radical (unpaired) electrons. The van der Waals surface area contributed by atoms with Crippen molar-refractivity contribution in [2.45, 2.75) is 63.2 Å². The summed E-state index contributed by atoms with van der Waals surface area (Å²) in [5.74, 6) is -1.50. The van der Waals surface area contributed by atoms with Gasteiger partial charge in [-0.25, -0.2) is 8.42 Å². The lowest BCUT2D eigenvalue weighted by molar-refractivity contribution is -0.143. The number of aryl methyl sites for hydroxylation is 2. The molecule has 0 aliphatic carbocycles. The van der Waals surface area contributed by atoms with Gasteiger partial charge in [-0.3, -0.25) is 9.59 Å². The molecule has 0 bridgehead atoms. The summed E-state index contributed by atoms with van der Waals surface area (Å²) in [6, 6.07) is 11.3. The van der Waals surface area contributed by atoms with Crippen LogP contribution in [-0.2, 0) is 19.6 Å². The number of amides is 2. The highest BCUT2D eigenvalue weighted by atomic mass is 35.5. The molecule has 7 nitrogen and oxygen atoms in total. The highest BCUT2D eigenvalue weighted by Gasteiger charge is 2.34. The summed E-state index contributed by atoms with van der Waals surface area (Å²) in [6.07, 6.45) is 0. The molecule has 0 unspecified atom stereocenters. The van der Waals surface area contributed by atoms with E-state index in [1.807, 2.05) is 66.7 Å². The Hall–Kier alpha value is -2.85. The van der Waals surface area contributed by atoms with Gasteiger partial charge in [0.2, 0.25) is 10.0 Å². The van der Waals surface area contributed by atoms with Gasteiger partial charge in [-0.05, 0) is 106 Å². The lowest BCUT2D eigenvalue weighted by atomic mass is 9.95. The van der Waals surface area contributed by atoms with Gasteiger partial charge in [-0.15, -0.1) is 0 Å². The van der Waals surface area contributed by atoms with E-state index in [2.05, 4.69) is 11.4 Å². The maximum Gasteiger partial charge on any atom is 0.313 e. The number of carbonyl (C=O) groups is 2. The Morgan fingerprint density at radius 2 is 1.34 bits per heavy atom. The number of rotatable bonds is 5. The lowest BCUT2D eigenvalue weighted by Crippen LogP contribution is -2.53. The van der Waals surface area contributed by atoms with Gasteiger partial charge in [0, 0.05) is 41.0 Å². The minimum atomic E-state index is -3.77. The summed E-state index contributed by atoms with van der Waals surface area (Å²) < 4.78 is 28.8. The molecule has 1 aliphatic heterocycles. The van der Waals surface area contributed by atoms with Gasteiger partial charge in [0.15, 0.2) is 0 Å². The number of benzene rings is 3. The van der Waals surface area contributed by atoms with Crippen LogP contribution in [0.15, 0.2) is 51.1 Å². The average Bonchev–Trinajstić information content (AvgIpc) is 2.93. The Kier molecular flexibility index (Phi) is 9.23. The smallest absolute Gasteiger partial charge is 0.313 e. The maximum atomic E-state index is 13.7. The van der Waals surface area contributed by atoms with Crippen LogP contribution in [0.1, 0.15) is 38.9 Å². The molecule has 1 fully saturated rings. The van der Waals surface area contributed by atoms with Crippen LogP contribution >= 0.6 is 23.4 Å². The number of nitrogens with zero attached hydrogens (tertiary/aromatic N) is 2. The van der Waals surface area contributed by atoms with Crippen molar-refractivity contribution >= 4 is 50.9 Å². The predicted molar refractivity (Wildman–Crippen MR) is 166 cm³/mol. The van der Waals surface area contributed by atoms with Gasteiger partial charge in [-0.1, -0.05) is 41.1 Å². The number of sulfonamides is 1. The topological polar surface area (TPSA) is 86.8 Å². The molecule has 1 N–H and O–H groups in total. The van der Waals surface area contributed by atoms with E-state index >= 15 is 0 Å². The van der Waals surface area contributed by atoms with E-state index in [0.29, 0.717) is 15.6 Å². The molecule has 1 heterocycles. The summed E-state index contributed by atoms with van der Waals surface area (Å²) in [6.45, 7) is 14.1. The number of carbonyl (C=O) groups excluding carboxylic acids is 2. The summed E-state index contributed by atoms with van der Waals surface area (Å²) in [7, 11) is -3.77. The molecule has 1 aliphatic rings. The van der Waals surface area contributed by atoms with E-state index in [0.717, 1.165) is 48.7 Å². The van der Waals surface area contributed by atoms with Crippen LogP contribution in [-0.4, -0.2) is 55.6 Å². The number of nitrogens with one attached hydrogen (secondary N) is 1. The largest absolute Gasteiger partial charge is 0.332 e. The zero-order valence-electron chi connectivity index (χ0n) is 24.5. The van der Waals surface area contributed by atoms with Crippen molar-refractivity contribution in [2.24, 2.45) is 0 Å². The fraction of sp³-hybridized carbons (Fsp3) is 0.355. The molecule has 3 aromatic carbocycles. The van der Waals surface area contributed by atoms with Crippen molar-refractivity contribution < 1.29 is 18.0 Å². The molecule has 2 amide bonds. The van der Waals surface area contributed by atoms with E-state index in [1.54, 1.807) is 12.1 Å². The Bertz CT molecular complexity index is 1620. The third kappa shape index (κ3) is 6.33. The van der Waals surface area contributed by atoms with Crippen molar-refractivity contribution in [3.63, 3.8) is 0 Å². The molecule has 0 atom stereocenters. The van der Waals surface area contributed by atoms with Gasteiger partial charge in [0.1, 0.15) is 0 Å². The standard InChI is InChI=1S/C31H36ClN3O4S2/c1-18-8-10-27(19(2)16-18)40-28-11-9-25(32)17-26(28)33-30(36)31(37)34-12-14-35(15-13-34)41(38,39)29-23(6)21(4)20(3)22(5)24(29)7/h8-11,16-17H,12-15H2,1-7H3,(H,33,36). The van der Waals surface area contributed by atoms with Crippen molar-refractivity contribution in [1.29, 1.82) is 0 Å². The van der Waals surface area contributed by atoms with Gasteiger partial charge in [-0.2, -0.15) is 4.31 Å². The Morgan fingerprint density at radius 3 is 1.93 bits per heavy atom. The summed E-state index contributed by atoms with van der Waals surface area (Å²) in [4.78, 5) is 29.7. The zero-order valence-corrected chi connectivity index (χ0v) is 26.9. The second kappa shape index (κ2) is 12.2. The molecular weight excluding hydrogens is 578 g/mol. The minimum absolute atomic E-state index is 0.108. The Labute approximate surface area is 252 Å². The average molecular weight is 614 g/mol. The van der Waals surface area contributed by atoms with Crippen LogP contribution in [0.25, 0.3) is 0 Å². The quantitative estimate of drug-likeness (QED) is 0.350. The van der Waals surface area contributed by atoms with E-state index in [4.69, 9.17) is 11.6 Å². The molecule has 0 aromatic heterocycles. The SMILES string of the molecule is Cc1ccc(Sc2ccc(Cl)cc2NC(=O)C(=O)N2CCN(S(=O)(=O)c3c(C)c(C)c(C)c(C)c3C)CC2)c(C)c1. The third-order valence-electron chi connectivity index (χ3n) is 7.99. The van der Waals surface area contributed by atoms with Crippen LogP contribution in [0.2, 0.25) is 5.02 Å². The first-order valence-electron chi connectivity index (χ1n) is 13.4. The first-order chi connectivity index (χ1) is 19.2. The maximum absolute atomic E-state index is 13.7. The summed E-state index contributed by atoms with van der Waals surface area (Å²) in [5, 5.41) is 3.17. The van der Waals surface area contributed by atoms with Crippen molar-refractivity contribution in [2.75, 3.05) is 31.5 Å². The first-order valence-corrected chi connectivity index (χ1v) is 16.1. The fourth-order valence-corrected chi connectivity index (χ4v) is 8.26. The summed E-state index contributed by atoms with van der Waals surface area (Å²) in [5.41, 5.74) is 7.23. The molecule has 218 valence electrons. The highest BCUT2D eigenvalue weighted by Crippen LogP contribution is 2.37. The molecule has 41 heavy (non-hydrogen) atoms. The third-order valence-corrected chi connectivity index (χ3v) is 11.7. The Morgan fingerprint density at radius 1 is 0.780 bits per heavy atom. The van der Waals surface area contributed by atoms with Crippen LogP contribution in [0.5, 0.6) is 0 Å².